The van der Waals surface area contributed by atoms with Gasteiger partial charge in [0, 0.05) is 37.9 Å². The monoisotopic (exact) mass is 473 g/mol. The zero-order valence-electron chi connectivity index (χ0n) is 18.0. The van der Waals surface area contributed by atoms with E-state index in [9.17, 15) is 21.6 Å². The molecule has 2 atom stereocenters. The van der Waals surface area contributed by atoms with Crippen LogP contribution in [-0.4, -0.2) is 85.2 Å². The highest BCUT2D eigenvalue weighted by Crippen LogP contribution is 2.38. The predicted molar refractivity (Wildman–Crippen MR) is 115 cm³/mol. The highest BCUT2D eigenvalue weighted by atomic mass is 32.2. The number of halogens is 3. The molecule has 178 valence electrons. The summed E-state index contributed by atoms with van der Waals surface area (Å²) >= 11 is 0. The van der Waals surface area contributed by atoms with Gasteiger partial charge in [-0.05, 0) is 49.8 Å². The van der Waals surface area contributed by atoms with E-state index < -0.39 is 22.7 Å². The van der Waals surface area contributed by atoms with Crippen molar-refractivity contribution in [1.29, 1.82) is 0 Å². The summed E-state index contributed by atoms with van der Waals surface area (Å²) < 4.78 is 65.5. The molecular weight excluding hydrogens is 443 g/mol. The quantitative estimate of drug-likeness (QED) is 0.678. The topological polar surface area (TPSA) is 68.2 Å². The van der Waals surface area contributed by atoms with Gasteiger partial charge in [-0.15, -0.1) is 0 Å². The van der Waals surface area contributed by atoms with Gasteiger partial charge in [-0.1, -0.05) is 6.08 Å². The van der Waals surface area contributed by atoms with Crippen molar-refractivity contribution >= 4 is 15.9 Å². The Morgan fingerprint density at radius 1 is 1.19 bits per heavy atom. The smallest absolute Gasteiger partial charge is 0.350 e. The van der Waals surface area contributed by atoms with Gasteiger partial charge in [-0.3, -0.25) is 9.80 Å². The third-order valence-electron chi connectivity index (χ3n) is 7.42. The summed E-state index contributed by atoms with van der Waals surface area (Å²) in [6.07, 6.45) is 5.68. The van der Waals surface area contributed by atoms with Crippen LogP contribution in [0.2, 0.25) is 0 Å². The van der Waals surface area contributed by atoms with Crippen molar-refractivity contribution in [2.75, 3.05) is 38.6 Å². The molecule has 11 heteroatoms. The van der Waals surface area contributed by atoms with E-state index in [1.807, 2.05) is 6.20 Å². The van der Waals surface area contributed by atoms with Crippen molar-refractivity contribution in [2.45, 2.75) is 50.4 Å². The summed E-state index contributed by atoms with van der Waals surface area (Å²) in [5.74, 6) is 1.48. The van der Waals surface area contributed by atoms with Crippen LogP contribution in [0.5, 0.6) is 0 Å². The molecule has 0 amide bonds. The molecule has 1 saturated carbocycles. The third-order valence-corrected chi connectivity index (χ3v) is 9.34. The molecule has 2 saturated heterocycles. The first kappa shape index (κ1) is 22.4. The van der Waals surface area contributed by atoms with E-state index in [0.29, 0.717) is 25.4 Å². The fraction of sp³-hybridized carbons (Fsp3) is 0.762. The van der Waals surface area contributed by atoms with Crippen LogP contribution in [-0.2, 0) is 10.0 Å². The van der Waals surface area contributed by atoms with Crippen LogP contribution in [0.4, 0.5) is 13.2 Å². The third kappa shape index (κ3) is 4.49. The maximum Gasteiger partial charge on any atom is 0.401 e. The number of hydrogen-bond acceptors (Lipinski definition) is 6. The van der Waals surface area contributed by atoms with Crippen molar-refractivity contribution in [2.24, 2.45) is 16.8 Å². The largest absolute Gasteiger partial charge is 0.401 e. The van der Waals surface area contributed by atoms with Gasteiger partial charge in [0.25, 0.3) is 0 Å². The summed E-state index contributed by atoms with van der Waals surface area (Å²) in [6.45, 7) is 0.833. The standard InChI is InChI=1S/C21H30F3N5O2S/c22-21(23,24)13-27-12-16-10-26-20-18(6-7-25-20)19(16)29(14-27)17-4-2-15(3-5-17)11-28-8-1-9-32(28,30)31/h6-7,10,15,17-19H,1-5,8-9,11-14H2,(H,25,26)/t15-,17-,18?,19?. The molecule has 4 aliphatic heterocycles. The van der Waals surface area contributed by atoms with Crippen molar-refractivity contribution in [3.8, 4) is 0 Å². The molecule has 0 aromatic carbocycles. The Morgan fingerprint density at radius 3 is 2.66 bits per heavy atom. The average molecular weight is 474 g/mol. The Morgan fingerprint density at radius 2 is 1.97 bits per heavy atom. The van der Waals surface area contributed by atoms with Gasteiger partial charge in [0.2, 0.25) is 10.0 Å². The maximum absolute atomic E-state index is 13.2. The highest BCUT2D eigenvalue weighted by Gasteiger charge is 2.45. The number of rotatable bonds is 4. The average Bonchev–Trinajstić information content (AvgIpc) is 3.33. The number of fused-ring (bicyclic) bond motifs is 3. The Labute approximate surface area is 187 Å². The molecule has 0 bridgehead atoms. The molecule has 7 nitrogen and oxygen atoms in total. The molecule has 5 aliphatic rings. The summed E-state index contributed by atoms with van der Waals surface area (Å²) in [5.41, 5.74) is 0.938. The van der Waals surface area contributed by atoms with E-state index in [-0.39, 0.29) is 37.0 Å². The van der Waals surface area contributed by atoms with E-state index in [2.05, 4.69) is 21.3 Å². The Hall–Kier alpha value is -1.43. The van der Waals surface area contributed by atoms with Crippen LogP contribution >= 0.6 is 0 Å². The number of nitrogens with one attached hydrogen (secondary N) is 1. The SMILES string of the molecule is O=S1(=O)CCCN1C[C@H]1CC[C@H](N2CN(CC(F)(F)F)CC3=CN=C4NC=CC4C32)CC1. The van der Waals surface area contributed by atoms with E-state index in [1.54, 1.807) is 10.5 Å². The molecule has 3 fully saturated rings. The molecule has 32 heavy (non-hydrogen) atoms. The second-order valence-corrected chi connectivity index (χ2v) is 11.7. The van der Waals surface area contributed by atoms with E-state index in [1.165, 1.54) is 4.90 Å². The van der Waals surface area contributed by atoms with E-state index in [4.69, 9.17) is 0 Å². The van der Waals surface area contributed by atoms with E-state index in [0.717, 1.165) is 37.1 Å². The minimum Gasteiger partial charge on any atom is -0.350 e. The van der Waals surface area contributed by atoms with Crippen molar-refractivity contribution in [3.63, 3.8) is 0 Å². The normalized spacial score (nSPS) is 35.7. The first-order valence-electron chi connectivity index (χ1n) is 11.4. The molecule has 1 aliphatic carbocycles. The first-order valence-corrected chi connectivity index (χ1v) is 13.0. The molecule has 0 aromatic rings. The van der Waals surface area contributed by atoms with Crippen LogP contribution < -0.4 is 5.32 Å². The van der Waals surface area contributed by atoms with Gasteiger partial charge in [-0.25, -0.2) is 17.7 Å². The number of aliphatic imine (C=N–C) groups is 1. The van der Waals surface area contributed by atoms with Crippen molar-refractivity contribution in [3.05, 3.63) is 24.0 Å². The molecule has 2 unspecified atom stereocenters. The number of hydrogen-bond donors (Lipinski definition) is 1. The van der Waals surface area contributed by atoms with Gasteiger partial charge in [0.1, 0.15) is 5.84 Å². The second-order valence-electron chi connectivity index (χ2n) is 9.65. The summed E-state index contributed by atoms with van der Waals surface area (Å²) in [4.78, 5) is 8.17. The van der Waals surface area contributed by atoms with Crippen LogP contribution in [0.25, 0.3) is 0 Å². The Balaban J connectivity index is 1.29. The van der Waals surface area contributed by atoms with Gasteiger partial charge >= 0.3 is 6.18 Å². The Kier molecular flexibility index (Phi) is 5.88. The van der Waals surface area contributed by atoms with Gasteiger partial charge < -0.3 is 5.32 Å². The number of nitrogens with zero attached hydrogens (tertiary/aromatic N) is 4. The zero-order valence-corrected chi connectivity index (χ0v) is 18.8. The second kappa shape index (κ2) is 8.41. The molecule has 5 rings (SSSR count). The van der Waals surface area contributed by atoms with Crippen molar-refractivity contribution in [1.82, 2.24) is 19.4 Å². The molecule has 0 spiro atoms. The summed E-state index contributed by atoms with van der Waals surface area (Å²) in [5, 5.41) is 3.16. The lowest BCUT2D eigenvalue weighted by Crippen LogP contribution is -2.61. The summed E-state index contributed by atoms with van der Waals surface area (Å²) in [7, 11) is -3.10. The number of amidine groups is 1. The van der Waals surface area contributed by atoms with Crippen LogP contribution in [0.1, 0.15) is 32.1 Å². The predicted octanol–water partition coefficient (Wildman–Crippen LogP) is 2.12. The zero-order chi connectivity index (χ0) is 22.5. The lowest BCUT2D eigenvalue weighted by Gasteiger charge is -2.50. The van der Waals surface area contributed by atoms with Gasteiger partial charge in [0.15, 0.2) is 0 Å². The van der Waals surface area contributed by atoms with Gasteiger partial charge in [-0.2, -0.15) is 13.2 Å². The molecular formula is C21H30F3N5O2S. The minimum atomic E-state index is -4.24. The fourth-order valence-corrected chi connectivity index (χ4v) is 7.59. The highest BCUT2D eigenvalue weighted by molar-refractivity contribution is 7.89. The number of sulfonamides is 1. The first-order chi connectivity index (χ1) is 15.2. The van der Waals surface area contributed by atoms with Gasteiger partial charge in [0.05, 0.1) is 24.9 Å². The van der Waals surface area contributed by atoms with E-state index >= 15 is 0 Å². The molecule has 0 aromatic heterocycles. The number of alkyl halides is 3. The Bertz CT molecular complexity index is 924. The van der Waals surface area contributed by atoms with Crippen LogP contribution in [0.3, 0.4) is 0 Å². The van der Waals surface area contributed by atoms with Crippen LogP contribution in [0.15, 0.2) is 29.0 Å². The molecule has 0 radical (unpaired) electrons. The molecule has 4 heterocycles. The maximum atomic E-state index is 13.2. The lowest BCUT2D eigenvalue weighted by molar-refractivity contribution is -0.155. The minimum absolute atomic E-state index is 0.0266. The fourth-order valence-electron chi connectivity index (χ4n) is 5.99. The van der Waals surface area contributed by atoms with Crippen LogP contribution in [0, 0.1) is 11.8 Å². The lowest BCUT2D eigenvalue weighted by atomic mass is 9.81. The molecule has 1 N–H and O–H groups in total. The van der Waals surface area contributed by atoms with Crippen molar-refractivity contribution < 1.29 is 21.6 Å². The summed E-state index contributed by atoms with van der Waals surface area (Å²) in [6, 6.07) is 0.206.